The largest absolute Gasteiger partial charge is 0.350 e. The summed E-state index contributed by atoms with van der Waals surface area (Å²) in [4.78, 5) is 18.0. The molecular formula is C17H34ClN9O. The van der Waals surface area contributed by atoms with Gasteiger partial charge in [-0.2, -0.15) is 0 Å². The van der Waals surface area contributed by atoms with Crippen molar-refractivity contribution in [1.82, 2.24) is 36.2 Å². The van der Waals surface area contributed by atoms with E-state index in [1.54, 1.807) is 0 Å². The number of hydrogen-bond donors (Lipinski definition) is 6. The molecule has 0 aromatic heterocycles. The Balaban J connectivity index is 1.42. The number of rotatable bonds is 3. The van der Waals surface area contributed by atoms with Crippen molar-refractivity contribution in [2.75, 3.05) is 52.9 Å². The quantitative estimate of drug-likeness (QED) is 0.262. The Hall–Kier alpha value is -0.560. The Morgan fingerprint density at radius 3 is 2.64 bits per heavy atom. The second-order valence-corrected chi connectivity index (χ2v) is 9.17. The van der Waals surface area contributed by atoms with E-state index in [4.69, 9.17) is 23.1 Å². The van der Waals surface area contributed by atoms with Gasteiger partial charge in [-0.3, -0.25) is 20.3 Å². The number of likely N-dealkylation sites (N-methyl/N-ethyl adjacent to an activating group) is 1. The summed E-state index contributed by atoms with van der Waals surface area (Å²) in [5.41, 5.74) is 15.6. The van der Waals surface area contributed by atoms with Crippen LogP contribution in [0.4, 0.5) is 0 Å². The molecule has 28 heavy (non-hydrogen) atoms. The molecule has 0 radical (unpaired) electrons. The van der Waals surface area contributed by atoms with Crippen LogP contribution in [-0.4, -0.2) is 110 Å². The predicted octanol–water partition coefficient (Wildman–Crippen LogP) is -3.38. The van der Waals surface area contributed by atoms with Gasteiger partial charge in [-0.1, -0.05) is 0 Å². The lowest BCUT2D eigenvalue weighted by atomic mass is 9.94. The maximum Gasteiger partial charge on any atom is 0.229 e. The van der Waals surface area contributed by atoms with E-state index < -0.39 is 6.17 Å². The molecule has 160 valence electrons. The molecule has 4 aliphatic heterocycles. The van der Waals surface area contributed by atoms with Gasteiger partial charge in [-0.05, 0) is 13.5 Å². The van der Waals surface area contributed by atoms with Crippen LogP contribution < -0.4 is 32.8 Å². The van der Waals surface area contributed by atoms with Gasteiger partial charge in [0.05, 0.1) is 35.8 Å². The number of amides is 1. The molecule has 0 aromatic rings. The maximum absolute atomic E-state index is 13.2. The van der Waals surface area contributed by atoms with Gasteiger partial charge in [0.25, 0.3) is 0 Å². The molecule has 4 rings (SSSR count). The molecule has 8 N–H and O–H groups in total. The van der Waals surface area contributed by atoms with Gasteiger partial charge in [0.15, 0.2) is 0 Å². The lowest BCUT2D eigenvalue weighted by Gasteiger charge is -2.45. The SMILES string of the molecule is CN1CCN(C2CC(N)NCC2NC(=O)C2C(N)NN3CC(Cl)CNC23)CC1. The van der Waals surface area contributed by atoms with Crippen LogP contribution in [0.15, 0.2) is 0 Å². The van der Waals surface area contributed by atoms with Gasteiger partial charge >= 0.3 is 0 Å². The normalized spacial score (nSPS) is 43.6. The van der Waals surface area contributed by atoms with E-state index in [0.29, 0.717) is 19.6 Å². The molecule has 4 saturated heterocycles. The van der Waals surface area contributed by atoms with E-state index in [2.05, 4.69) is 38.2 Å². The summed E-state index contributed by atoms with van der Waals surface area (Å²) in [6.07, 6.45) is 0.223. The number of fused-ring (bicyclic) bond motifs is 1. The van der Waals surface area contributed by atoms with E-state index in [-0.39, 0.29) is 41.6 Å². The fourth-order valence-corrected chi connectivity index (χ4v) is 5.12. The lowest BCUT2D eigenvalue weighted by Crippen LogP contribution is -2.67. The zero-order valence-corrected chi connectivity index (χ0v) is 17.2. The Kier molecular flexibility index (Phi) is 6.41. The fraction of sp³-hybridized carbons (Fsp3) is 0.941. The number of halogens is 1. The molecular weight excluding hydrogens is 382 g/mol. The summed E-state index contributed by atoms with van der Waals surface area (Å²) in [5.74, 6) is -0.387. The number of carbonyl (C=O) groups is 1. The molecule has 4 fully saturated rings. The second-order valence-electron chi connectivity index (χ2n) is 8.56. The smallest absolute Gasteiger partial charge is 0.229 e. The van der Waals surface area contributed by atoms with Gasteiger partial charge in [-0.25, -0.2) is 10.4 Å². The summed E-state index contributed by atoms with van der Waals surface area (Å²) in [5, 5.41) is 11.9. The van der Waals surface area contributed by atoms with Crippen LogP contribution >= 0.6 is 11.6 Å². The molecule has 7 unspecified atom stereocenters. The van der Waals surface area contributed by atoms with Gasteiger partial charge in [0.2, 0.25) is 5.91 Å². The van der Waals surface area contributed by atoms with Crippen molar-refractivity contribution >= 4 is 17.5 Å². The van der Waals surface area contributed by atoms with Crippen molar-refractivity contribution in [2.24, 2.45) is 17.4 Å². The minimum absolute atomic E-state index is 0.00315. The third-order valence-corrected chi connectivity index (χ3v) is 6.81. The van der Waals surface area contributed by atoms with E-state index in [0.717, 1.165) is 32.6 Å². The Labute approximate surface area is 171 Å². The third-order valence-electron chi connectivity index (χ3n) is 6.52. The van der Waals surface area contributed by atoms with Gasteiger partial charge in [-0.15, -0.1) is 11.6 Å². The summed E-state index contributed by atoms with van der Waals surface area (Å²) in [6, 6.07) is 0.253. The topological polar surface area (TPSA) is 127 Å². The van der Waals surface area contributed by atoms with Crippen LogP contribution in [0.25, 0.3) is 0 Å². The molecule has 11 heteroatoms. The maximum atomic E-state index is 13.2. The highest BCUT2D eigenvalue weighted by Gasteiger charge is 2.47. The second kappa shape index (κ2) is 8.66. The standard InChI is InChI=1S/C17H34ClN9O/c1-25-2-4-26(5-3-25)12-6-13(19)21-8-11(12)23-17(28)14-15(20)24-27-9-10(18)7-22-16(14)27/h10-16,21-22,24H,2-9,19-20H2,1H3,(H,23,28). The minimum atomic E-state index is -0.430. The van der Waals surface area contributed by atoms with Crippen molar-refractivity contribution < 1.29 is 4.79 Å². The number of nitrogens with two attached hydrogens (primary N) is 2. The van der Waals surface area contributed by atoms with Crippen LogP contribution in [0.5, 0.6) is 0 Å². The van der Waals surface area contributed by atoms with Crippen LogP contribution in [0.3, 0.4) is 0 Å². The molecule has 0 aromatic carbocycles. The van der Waals surface area contributed by atoms with Crippen molar-refractivity contribution in [1.29, 1.82) is 0 Å². The summed E-state index contributed by atoms with van der Waals surface area (Å²) < 4.78 is 0. The number of alkyl halides is 1. The molecule has 10 nitrogen and oxygen atoms in total. The zero-order valence-electron chi connectivity index (χ0n) is 16.5. The number of nitrogens with one attached hydrogen (secondary N) is 4. The molecule has 0 saturated carbocycles. The van der Waals surface area contributed by atoms with Crippen molar-refractivity contribution in [2.45, 2.75) is 42.4 Å². The van der Waals surface area contributed by atoms with Crippen LogP contribution in [0.2, 0.25) is 0 Å². The number of nitrogens with zero attached hydrogens (tertiary/aromatic N) is 3. The van der Waals surface area contributed by atoms with E-state index >= 15 is 0 Å². The molecule has 4 heterocycles. The van der Waals surface area contributed by atoms with E-state index in [9.17, 15) is 4.79 Å². The minimum Gasteiger partial charge on any atom is -0.350 e. The average Bonchev–Trinajstić information content (AvgIpc) is 2.98. The highest BCUT2D eigenvalue weighted by atomic mass is 35.5. The average molecular weight is 416 g/mol. The van der Waals surface area contributed by atoms with Crippen LogP contribution in [0, 0.1) is 5.92 Å². The number of piperidine rings is 1. The first-order valence-electron chi connectivity index (χ1n) is 10.3. The number of piperazine rings is 1. The number of hydrogen-bond acceptors (Lipinski definition) is 9. The van der Waals surface area contributed by atoms with Crippen molar-refractivity contribution in [3.05, 3.63) is 0 Å². The molecule has 0 bridgehead atoms. The van der Waals surface area contributed by atoms with Crippen molar-refractivity contribution in [3.63, 3.8) is 0 Å². The first kappa shape index (κ1) is 20.7. The Morgan fingerprint density at radius 1 is 1.14 bits per heavy atom. The van der Waals surface area contributed by atoms with E-state index in [1.165, 1.54) is 0 Å². The molecule has 0 spiro atoms. The summed E-state index contributed by atoms with van der Waals surface area (Å²) in [7, 11) is 2.15. The first-order valence-corrected chi connectivity index (χ1v) is 10.7. The number of hydrazine groups is 1. The highest BCUT2D eigenvalue weighted by Crippen LogP contribution is 2.24. The lowest BCUT2D eigenvalue weighted by molar-refractivity contribution is -0.128. The van der Waals surface area contributed by atoms with Crippen molar-refractivity contribution in [3.8, 4) is 0 Å². The van der Waals surface area contributed by atoms with Crippen LogP contribution in [0.1, 0.15) is 6.42 Å². The van der Waals surface area contributed by atoms with Gasteiger partial charge in [0, 0.05) is 51.9 Å². The Bertz CT molecular complexity index is 561. The Morgan fingerprint density at radius 2 is 1.89 bits per heavy atom. The monoisotopic (exact) mass is 415 g/mol. The molecule has 4 aliphatic rings. The van der Waals surface area contributed by atoms with Gasteiger partial charge < -0.3 is 21.7 Å². The molecule has 1 amide bonds. The first-order chi connectivity index (χ1) is 13.4. The zero-order chi connectivity index (χ0) is 19.8. The highest BCUT2D eigenvalue weighted by molar-refractivity contribution is 6.21. The third kappa shape index (κ3) is 4.30. The predicted molar refractivity (Wildman–Crippen MR) is 108 cm³/mol. The molecule has 7 atom stereocenters. The summed E-state index contributed by atoms with van der Waals surface area (Å²) in [6.45, 7) is 6.09. The summed E-state index contributed by atoms with van der Waals surface area (Å²) >= 11 is 6.23. The van der Waals surface area contributed by atoms with Gasteiger partial charge in [0.1, 0.15) is 0 Å². The van der Waals surface area contributed by atoms with Crippen LogP contribution in [-0.2, 0) is 4.79 Å². The fourth-order valence-electron chi connectivity index (χ4n) is 4.88. The van der Waals surface area contributed by atoms with E-state index in [1.807, 2.05) is 5.01 Å². The molecule has 0 aliphatic carbocycles. The number of carbonyl (C=O) groups excluding carboxylic acids is 1.